The van der Waals surface area contributed by atoms with E-state index >= 15 is 0 Å². The topological polar surface area (TPSA) is 80.6 Å². The molecule has 0 saturated heterocycles. The average Bonchev–Trinajstić information content (AvgIpc) is 2.67. The molecule has 0 bridgehead atoms. The molecule has 136 valence electrons. The third-order valence-electron chi connectivity index (χ3n) is 3.77. The van der Waals surface area contributed by atoms with Crippen molar-refractivity contribution in [2.45, 2.75) is 19.8 Å². The fourth-order valence-electron chi connectivity index (χ4n) is 2.49. The van der Waals surface area contributed by atoms with E-state index in [2.05, 4.69) is 11.4 Å². The second-order valence-electron chi connectivity index (χ2n) is 5.49. The molecule has 2 rings (SSSR count). The molecule has 0 unspecified atom stereocenters. The molecule has 6 nitrogen and oxygen atoms in total. The Labute approximate surface area is 153 Å². The molecular formula is C20H22N2O4. The van der Waals surface area contributed by atoms with Crippen LogP contribution < -0.4 is 19.5 Å². The molecule has 0 fully saturated rings. The lowest BCUT2D eigenvalue weighted by Crippen LogP contribution is -2.13. The number of ether oxygens (including phenoxy) is 3. The van der Waals surface area contributed by atoms with Crippen molar-refractivity contribution < 1.29 is 19.0 Å². The van der Waals surface area contributed by atoms with Gasteiger partial charge in [-0.3, -0.25) is 4.79 Å². The Balaban J connectivity index is 2.04. The van der Waals surface area contributed by atoms with Crippen LogP contribution in [0.5, 0.6) is 17.2 Å². The number of amides is 1. The average molecular weight is 354 g/mol. The van der Waals surface area contributed by atoms with E-state index in [9.17, 15) is 4.79 Å². The van der Waals surface area contributed by atoms with Gasteiger partial charge < -0.3 is 19.5 Å². The van der Waals surface area contributed by atoms with Gasteiger partial charge in [-0.1, -0.05) is 6.07 Å². The molecule has 2 aromatic carbocycles. The predicted molar refractivity (Wildman–Crippen MR) is 98.8 cm³/mol. The summed E-state index contributed by atoms with van der Waals surface area (Å²) >= 11 is 0. The molecule has 0 radical (unpaired) electrons. The lowest BCUT2D eigenvalue weighted by molar-refractivity contribution is -0.116. The summed E-state index contributed by atoms with van der Waals surface area (Å²) in [7, 11) is 3.15. The number of methoxy groups -OCH3 is 2. The van der Waals surface area contributed by atoms with Gasteiger partial charge in [0.25, 0.3) is 0 Å². The van der Waals surface area contributed by atoms with Gasteiger partial charge in [-0.25, -0.2) is 0 Å². The summed E-state index contributed by atoms with van der Waals surface area (Å²) in [6.07, 6.45) is 0.839. The van der Waals surface area contributed by atoms with Crippen LogP contribution in [0.4, 0.5) is 5.69 Å². The molecule has 0 aliphatic rings. The monoisotopic (exact) mass is 354 g/mol. The summed E-state index contributed by atoms with van der Waals surface area (Å²) in [6.45, 7) is 2.33. The van der Waals surface area contributed by atoms with Gasteiger partial charge in [-0.2, -0.15) is 5.26 Å². The molecule has 0 aliphatic heterocycles. The first-order valence-electron chi connectivity index (χ1n) is 8.29. The van der Waals surface area contributed by atoms with Crippen LogP contribution in [0.1, 0.15) is 24.5 Å². The van der Waals surface area contributed by atoms with E-state index < -0.39 is 0 Å². The van der Waals surface area contributed by atoms with Crippen LogP contribution in [0.15, 0.2) is 36.4 Å². The van der Waals surface area contributed by atoms with Gasteiger partial charge in [-0.05, 0) is 49.2 Å². The zero-order valence-corrected chi connectivity index (χ0v) is 15.2. The Morgan fingerprint density at radius 3 is 2.46 bits per heavy atom. The minimum Gasteiger partial charge on any atom is -0.493 e. The Kier molecular flexibility index (Phi) is 6.86. The van der Waals surface area contributed by atoms with Crippen LogP contribution in [-0.2, 0) is 11.2 Å². The molecule has 0 spiro atoms. The summed E-state index contributed by atoms with van der Waals surface area (Å²) < 4.78 is 16.0. The van der Waals surface area contributed by atoms with Gasteiger partial charge in [0.1, 0.15) is 5.75 Å². The molecule has 1 amide bonds. The van der Waals surface area contributed by atoms with Crippen LogP contribution in [0.3, 0.4) is 0 Å². The van der Waals surface area contributed by atoms with Crippen molar-refractivity contribution in [3.8, 4) is 23.3 Å². The smallest absolute Gasteiger partial charge is 0.224 e. The summed E-state index contributed by atoms with van der Waals surface area (Å²) in [6, 6.07) is 12.6. The summed E-state index contributed by atoms with van der Waals surface area (Å²) in [4.78, 5) is 12.3. The number of hydrogen-bond acceptors (Lipinski definition) is 5. The van der Waals surface area contributed by atoms with Crippen molar-refractivity contribution >= 4 is 11.6 Å². The summed E-state index contributed by atoms with van der Waals surface area (Å²) in [5.41, 5.74) is 1.93. The van der Waals surface area contributed by atoms with Crippen molar-refractivity contribution in [3.63, 3.8) is 0 Å². The van der Waals surface area contributed by atoms with Crippen molar-refractivity contribution in [2.24, 2.45) is 0 Å². The first kappa shape index (κ1) is 19.1. The van der Waals surface area contributed by atoms with E-state index in [1.807, 2.05) is 25.1 Å². The van der Waals surface area contributed by atoms with Crippen LogP contribution in [0.25, 0.3) is 0 Å². The largest absolute Gasteiger partial charge is 0.493 e. The van der Waals surface area contributed by atoms with E-state index in [0.29, 0.717) is 41.5 Å². The second kappa shape index (κ2) is 9.33. The quantitative estimate of drug-likeness (QED) is 0.784. The van der Waals surface area contributed by atoms with E-state index in [1.54, 1.807) is 32.4 Å². The Morgan fingerprint density at radius 1 is 1.08 bits per heavy atom. The zero-order chi connectivity index (χ0) is 18.9. The molecule has 0 aliphatic carbocycles. The maximum atomic E-state index is 12.3. The minimum atomic E-state index is -0.157. The SMILES string of the molecule is CCOc1ccc(C#N)cc1NC(=O)CCc1ccc(OC)c(OC)c1. The molecule has 0 aromatic heterocycles. The molecule has 0 atom stereocenters. The number of carbonyl (C=O) groups excluding carboxylic acids is 1. The number of anilines is 1. The number of benzene rings is 2. The highest BCUT2D eigenvalue weighted by Crippen LogP contribution is 2.28. The molecule has 2 aromatic rings. The van der Waals surface area contributed by atoms with Gasteiger partial charge in [0.2, 0.25) is 5.91 Å². The zero-order valence-electron chi connectivity index (χ0n) is 15.2. The summed E-state index contributed by atoms with van der Waals surface area (Å²) in [5, 5.41) is 11.9. The Bertz CT molecular complexity index is 812. The third kappa shape index (κ3) is 4.90. The van der Waals surface area contributed by atoms with Gasteiger partial charge in [-0.15, -0.1) is 0 Å². The third-order valence-corrected chi connectivity index (χ3v) is 3.77. The fourth-order valence-corrected chi connectivity index (χ4v) is 2.49. The highest BCUT2D eigenvalue weighted by molar-refractivity contribution is 5.92. The van der Waals surface area contributed by atoms with Gasteiger partial charge in [0.15, 0.2) is 11.5 Å². The number of rotatable bonds is 8. The molecule has 1 N–H and O–H groups in total. The predicted octanol–water partition coefficient (Wildman–Crippen LogP) is 3.55. The van der Waals surface area contributed by atoms with E-state index in [1.165, 1.54) is 0 Å². The maximum Gasteiger partial charge on any atom is 0.224 e. The Morgan fingerprint density at radius 2 is 1.81 bits per heavy atom. The van der Waals surface area contributed by atoms with Gasteiger partial charge in [0, 0.05) is 6.42 Å². The van der Waals surface area contributed by atoms with Crippen molar-refractivity contribution in [2.75, 3.05) is 26.1 Å². The first-order valence-corrected chi connectivity index (χ1v) is 8.29. The number of nitrogens with one attached hydrogen (secondary N) is 1. The lowest BCUT2D eigenvalue weighted by atomic mass is 10.1. The number of aryl methyl sites for hydroxylation is 1. The lowest BCUT2D eigenvalue weighted by Gasteiger charge is -2.12. The van der Waals surface area contributed by atoms with Crippen LogP contribution >= 0.6 is 0 Å². The number of hydrogen-bond donors (Lipinski definition) is 1. The van der Waals surface area contributed by atoms with E-state index in [4.69, 9.17) is 19.5 Å². The van der Waals surface area contributed by atoms with Crippen LogP contribution in [0.2, 0.25) is 0 Å². The maximum absolute atomic E-state index is 12.3. The second-order valence-corrected chi connectivity index (χ2v) is 5.49. The standard InChI is InChI=1S/C20H22N2O4/c1-4-26-17-8-6-15(13-21)11-16(17)22-20(23)10-7-14-5-9-18(24-2)19(12-14)25-3/h5-6,8-9,11-12H,4,7,10H2,1-3H3,(H,22,23). The van der Waals surface area contributed by atoms with Crippen LogP contribution in [-0.4, -0.2) is 26.7 Å². The number of nitriles is 1. The molecule has 26 heavy (non-hydrogen) atoms. The van der Waals surface area contributed by atoms with E-state index in [0.717, 1.165) is 5.56 Å². The van der Waals surface area contributed by atoms with Gasteiger partial charge in [0.05, 0.1) is 38.1 Å². The minimum absolute atomic E-state index is 0.157. The highest BCUT2D eigenvalue weighted by atomic mass is 16.5. The Hall–Kier alpha value is -3.20. The number of carbonyl (C=O) groups is 1. The normalized spacial score (nSPS) is 9.92. The molecular weight excluding hydrogens is 332 g/mol. The first-order chi connectivity index (χ1) is 12.6. The van der Waals surface area contributed by atoms with Crippen molar-refractivity contribution in [3.05, 3.63) is 47.5 Å². The van der Waals surface area contributed by atoms with Crippen molar-refractivity contribution in [1.82, 2.24) is 0 Å². The fraction of sp³-hybridized carbons (Fsp3) is 0.300. The molecule has 0 heterocycles. The highest BCUT2D eigenvalue weighted by Gasteiger charge is 2.11. The molecule has 0 saturated carbocycles. The molecule has 6 heteroatoms. The van der Waals surface area contributed by atoms with Crippen LogP contribution in [0, 0.1) is 11.3 Å². The van der Waals surface area contributed by atoms with Gasteiger partial charge >= 0.3 is 0 Å². The van der Waals surface area contributed by atoms with Crippen molar-refractivity contribution in [1.29, 1.82) is 5.26 Å². The summed E-state index contributed by atoms with van der Waals surface area (Å²) in [5.74, 6) is 1.67. The number of nitrogens with zero attached hydrogens (tertiary/aromatic N) is 1. The van der Waals surface area contributed by atoms with E-state index in [-0.39, 0.29) is 12.3 Å².